The number of anilines is 5. The van der Waals surface area contributed by atoms with Crippen molar-refractivity contribution in [3.63, 3.8) is 0 Å². The second-order valence-electron chi connectivity index (χ2n) is 14.4. The molecule has 6 aromatic carbocycles. The number of hydrogen-bond acceptors (Lipinski definition) is 2. The molecule has 0 atom stereocenters. The zero-order valence-electron chi connectivity index (χ0n) is 33.5. The van der Waals surface area contributed by atoms with Gasteiger partial charge in [0.2, 0.25) is 0 Å². The second kappa shape index (κ2) is 17.8. The number of nitrogens with zero attached hydrogens (tertiary/aromatic N) is 2. The van der Waals surface area contributed by atoms with E-state index in [2.05, 4.69) is 233 Å². The first-order chi connectivity index (χ1) is 26.8. The molecule has 55 heavy (non-hydrogen) atoms. The minimum absolute atomic E-state index is 0.204. The van der Waals surface area contributed by atoms with E-state index >= 15 is 0 Å². The maximum absolute atomic E-state index is 2.36. The quantitative estimate of drug-likeness (QED) is 0.139. The SMILES string of the molecule is C/C=C/c1ccc(N(C2=CCC=C(C)C=C2)c2ccc(C(C)(C)c3ccc(N(c4ccc(C)cc4)c4ccc(-c5ccccc5)cc4)cc3)cc2)cc1.CC. The van der Waals surface area contributed by atoms with E-state index in [9.17, 15) is 0 Å². The van der Waals surface area contributed by atoms with Gasteiger partial charge in [-0.2, -0.15) is 0 Å². The van der Waals surface area contributed by atoms with Crippen molar-refractivity contribution in [3.8, 4) is 11.1 Å². The first-order valence-electron chi connectivity index (χ1n) is 19.6. The summed E-state index contributed by atoms with van der Waals surface area (Å²) in [4.78, 5) is 4.70. The molecule has 7 rings (SSSR count). The van der Waals surface area contributed by atoms with Gasteiger partial charge in [0.05, 0.1) is 0 Å². The number of benzene rings is 6. The van der Waals surface area contributed by atoms with Crippen LogP contribution in [0, 0.1) is 6.92 Å². The van der Waals surface area contributed by atoms with Crippen LogP contribution < -0.4 is 9.80 Å². The van der Waals surface area contributed by atoms with Gasteiger partial charge < -0.3 is 9.80 Å². The predicted molar refractivity (Wildman–Crippen MR) is 240 cm³/mol. The van der Waals surface area contributed by atoms with Crippen LogP contribution in [0.2, 0.25) is 0 Å². The van der Waals surface area contributed by atoms with Crippen LogP contribution in [0.4, 0.5) is 28.4 Å². The van der Waals surface area contributed by atoms with Crippen LogP contribution in [-0.4, -0.2) is 0 Å². The van der Waals surface area contributed by atoms with Crippen LogP contribution in [0.15, 0.2) is 193 Å². The minimum Gasteiger partial charge on any atom is -0.311 e. The fraction of sp³-hybridized carbons (Fsp3) is 0.170. The molecule has 1 aliphatic carbocycles. The van der Waals surface area contributed by atoms with Crippen LogP contribution >= 0.6 is 0 Å². The Morgan fingerprint density at radius 2 is 0.945 bits per heavy atom. The summed E-state index contributed by atoms with van der Waals surface area (Å²) in [6.07, 6.45) is 14.1. The zero-order valence-corrected chi connectivity index (χ0v) is 33.5. The maximum Gasteiger partial charge on any atom is 0.0462 e. The summed E-state index contributed by atoms with van der Waals surface area (Å²) in [5.74, 6) is 0. The monoisotopic (exact) mass is 718 g/mol. The highest BCUT2D eigenvalue weighted by molar-refractivity contribution is 5.79. The Morgan fingerprint density at radius 1 is 0.491 bits per heavy atom. The smallest absolute Gasteiger partial charge is 0.0462 e. The summed E-state index contributed by atoms with van der Waals surface area (Å²) in [6.45, 7) is 15.0. The van der Waals surface area contributed by atoms with Crippen LogP contribution in [0.1, 0.15) is 70.2 Å². The molecule has 0 fully saturated rings. The number of aryl methyl sites for hydroxylation is 1. The average molecular weight is 719 g/mol. The molecule has 0 bridgehead atoms. The molecule has 0 saturated carbocycles. The van der Waals surface area contributed by atoms with Crippen molar-refractivity contribution in [3.05, 3.63) is 216 Å². The van der Waals surface area contributed by atoms with Gasteiger partial charge in [0, 0.05) is 39.5 Å². The molecule has 2 nitrogen and oxygen atoms in total. The van der Waals surface area contributed by atoms with E-state index in [0.717, 1.165) is 34.9 Å². The fourth-order valence-corrected chi connectivity index (χ4v) is 7.05. The normalized spacial score (nSPS) is 12.6. The maximum atomic E-state index is 2.36. The van der Waals surface area contributed by atoms with Crippen LogP contribution in [0.25, 0.3) is 17.2 Å². The van der Waals surface area contributed by atoms with Gasteiger partial charge in [-0.1, -0.05) is 160 Å². The second-order valence-corrected chi connectivity index (χ2v) is 14.4. The average Bonchev–Trinajstić information content (AvgIpc) is 3.45. The lowest BCUT2D eigenvalue weighted by Crippen LogP contribution is -2.20. The Morgan fingerprint density at radius 3 is 1.47 bits per heavy atom. The molecule has 0 unspecified atom stereocenters. The third-order valence-corrected chi connectivity index (χ3v) is 10.3. The molecule has 0 spiro atoms. The molecular weight excluding hydrogens is 665 g/mol. The first-order valence-corrected chi connectivity index (χ1v) is 19.6. The highest BCUT2D eigenvalue weighted by Gasteiger charge is 2.25. The Labute approximate surface area is 330 Å². The molecular formula is C53H54N2. The summed E-state index contributed by atoms with van der Waals surface area (Å²) in [7, 11) is 0. The first kappa shape index (κ1) is 38.6. The van der Waals surface area contributed by atoms with E-state index in [-0.39, 0.29) is 5.41 Å². The zero-order chi connectivity index (χ0) is 38.8. The fourth-order valence-electron chi connectivity index (χ4n) is 7.05. The van der Waals surface area contributed by atoms with Crippen molar-refractivity contribution in [2.45, 2.75) is 60.3 Å². The van der Waals surface area contributed by atoms with Gasteiger partial charge in [0.15, 0.2) is 0 Å². The largest absolute Gasteiger partial charge is 0.311 e. The van der Waals surface area contributed by atoms with E-state index in [1.54, 1.807) is 0 Å². The summed E-state index contributed by atoms with van der Waals surface area (Å²) in [6, 6.07) is 55.2. The van der Waals surface area contributed by atoms with Gasteiger partial charge >= 0.3 is 0 Å². The minimum atomic E-state index is -0.204. The molecule has 0 aromatic heterocycles. The number of hydrogen-bond donors (Lipinski definition) is 0. The molecule has 0 heterocycles. The van der Waals surface area contributed by atoms with E-state index < -0.39 is 0 Å². The van der Waals surface area contributed by atoms with E-state index in [1.807, 2.05) is 13.8 Å². The van der Waals surface area contributed by atoms with Gasteiger partial charge in [0.1, 0.15) is 0 Å². The molecule has 0 radical (unpaired) electrons. The molecule has 276 valence electrons. The molecule has 0 aliphatic heterocycles. The molecule has 1 aliphatic rings. The van der Waals surface area contributed by atoms with E-state index in [1.165, 1.54) is 44.7 Å². The Bertz CT molecular complexity index is 2250. The molecule has 6 aromatic rings. The summed E-state index contributed by atoms with van der Waals surface area (Å²) in [5, 5.41) is 0. The summed E-state index contributed by atoms with van der Waals surface area (Å²) >= 11 is 0. The highest BCUT2D eigenvalue weighted by Crippen LogP contribution is 2.40. The van der Waals surface area contributed by atoms with Gasteiger partial charge in [-0.25, -0.2) is 0 Å². The Kier molecular flexibility index (Phi) is 12.5. The van der Waals surface area contributed by atoms with Crippen molar-refractivity contribution in [2.75, 3.05) is 9.80 Å². The van der Waals surface area contributed by atoms with E-state index in [4.69, 9.17) is 0 Å². The lowest BCUT2D eigenvalue weighted by atomic mass is 9.78. The van der Waals surface area contributed by atoms with E-state index in [0.29, 0.717) is 0 Å². The summed E-state index contributed by atoms with van der Waals surface area (Å²) < 4.78 is 0. The molecule has 0 saturated heterocycles. The lowest BCUT2D eigenvalue weighted by Gasteiger charge is -2.30. The lowest BCUT2D eigenvalue weighted by molar-refractivity contribution is 0.641. The molecule has 2 heteroatoms. The van der Waals surface area contributed by atoms with Crippen molar-refractivity contribution >= 4 is 34.5 Å². The standard InChI is InChI=1S/C51H48N2.C2H6/c1-6-11-40-19-30-47(31-20-40)52(45-15-10-12-38(2)16-27-45)49-34-23-43(24-35-49)51(4,5)44-25-36-50(37-26-44)53(46-28-17-39(3)18-29-46)48-32-21-42(22-33-48)41-13-8-7-9-14-41;1-2/h6-9,11-37H,10H2,1-5H3;1-2H3/b11-6+;. The van der Waals surface area contributed by atoms with Crippen molar-refractivity contribution in [1.29, 1.82) is 0 Å². The third-order valence-electron chi connectivity index (χ3n) is 10.3. The van der Waals surface area contributed by atoms with Crippen LogP contribution in [-0.2, 0) is 5.41 Å². The number of rotatable bonds is 10. The summed E-state index contributed by atoms with van der Waals surface area (Å²) in [5.41, 5.74) is 15.3. The third kappa shape index (κ3) is 8.99. The van der Waals surface area contributed by atoms with Crippen molar-refractivity contribution in [1.82, 2.24) is 0 Å². The highest BCUT2D eigenvalue weighted by atomic mass is 15.1. The van der Waals surface area contributed by atoms with Gasteiger partial charge in [0.25, 0.3) is 0 Å². The molecule has 0 amide bonds. The van der Waals surface area contributed by atoms with Gasteiger partial charge in [-0.05, 0) is 122 Å². The van der Waals surface area contributed by atoms with Crippen LogP contribution in [0.3, 0.4) is 0 Å². The Hall–Kier alpha value is -6.12. The van der Waals surface area contributed by atoms with Crippen molar-refractivity contribution < 1.29 is 0 Å². The van der Waals surface area contributed by atoms with Gasteiger partial charge in [-0.3, -0.25) is 0 Å². The Balaban J connectivity index is 0.00000253. The van der Waals surface area contributed by atoms with Gasteiger partial charge in [-0.15, -0.1) is 0 Å². The van der Waals surface area contributed by atoms with Crippen LogP contribution in [0.5, 0.6) is 0 Å². The topological polar surface area (TPSA) is 6.48 Å². The molecule has 0 N–H and O–H groups in total. The number of allylic oxidation sites excluding steroid dienone is 6. The predicted octanol–water partition coefficient (Wildman–Crippen LogP) is 15.4. The van der Waals surface area contributed by atoms with Crippen molar-refractivity contribution in [2.24, 2.45) is 0 Å².